The summed E-state index contributed by atoms with van der Waals surface area (Å²) in [5.41, 5.74) is 1.89. The average Bonchev–Trinajstić information content (AvgIpc) is 2.80. The van der Waals surface area contributed by atoms with Gasteiger partial charge in [-0.3, -0.25) is 4.72 Å². The van der Waals surface area contributed by atoms with E-state index in [1.807, 2.05) is 60.7 Å². The molecular formula is C23H22ClN3O3S. The average molecular weight is 456 g/mol. The number of fused-ring (bicyclic) bond motifs is 1. The SMILES string of the molecule is COCCOc1cccc(CN=C2NSc3cccc(Oc4ccccc4Cl)c3N2)c1. The Morgan fingerprint density at radius 2 is 1.81 bits per heavy atom. The molecule has 0 amide bonds. The van der Waals surface area contributed by atoms with Crippen molar-refractivity contribution in [3.05, 3.63) is 77.3 Å². The quantitative estimate of drug-likeness (QED) is 0.334. The van der Waals surface area contributed by atoms with Crippen LogP contribution in [0.1, 0.15) is 5.56 Å². The summed E-state index contributed by atoms with van der Waals surface area (Å²) in [5, 5.41) is 3.89. The fraction of sp³-hybridized carbons (Fsp3) is 0.174. The Morgan fingerprint density at radius 1 is 0.968 bits per heavy atom. The standard InChI is InChI=1S/C23H22ClN3O3S/c1-28-12-13-29-17-7-4-6-16(14-17)15-25-23-26-22-20(10-5-11-21(22)31-27-23)30-19-9-3-2-8-18(19)24/h2-11,14H,12-13,15H2,1H3,(H2,25,26,27). The molecule has 0 unspecified atom stereocenters. The zero-order chi connectivity index (χ0) is 21.5. The predicted octanol–water partition coefficient (Wildman–Crippen LogP) is 5.74. The van der Waals surface area contributed by atoms with E-state index in [1.165, 1.54) is 11.9 Å². The molecule has 2 N–H and O–H groups in total. The molecule has 0 radical (unpaired) electrons. The van der Waals surface area contributed by atoms with E-state index in [0.717, 1.165) is 21.9 Å². The van der Waals surface area contributed by atoms with Gasteiger partial charge in [-0.15, -0.1) is 0 Å². The van der Waals surface area contributed by atoms with Crippen LogP contribution in [-0.4, -0.2) is 26.3 Å². The first-order valence-corrected chi connectivity index (χ1v) is 10.9. The number of methoxy groups -OCH3 is 1. The Labute approximate surface area is 190 Å². The minimum absolute atomic E-state index is 0.500. The van der Waals surface area contributed by atoms with Gasteiger partial charge in [0, 0.05) is 7.11 Å². The summed E-state index contributed by atoms with van der Waals surface area (Å²) in [7, 11) is 1.65. The molecule has 1 heterocycles. The number of anilines is 1. The van der Waals surface area contributed by atoms with E-state index in [9.17, 15) is 0 Å². The highest BCUT2D eigenvalue weighted by atomic mass is 35.5. The maximum Gasteiger partial charge on any atom is 0.206 e. The minimum Gasteiger partial charge on any atom is -0.491 e. The van der Waals surface area contributed by atoms with E-state index in [4.69, 9.17) is 25.8 Å². The van der Waals surface area contributed by atoms with Crippen molar-refractivity contribution in [2.75, 3.05) is 25.6 Å². The summed E-state index contributed by atoms with van der Waals surface area (Å²) >= 11 is 7.74. The second-order valence-electron chi connectivity index (χ2n) is 6.64. The number of halogens is 1. The second-order valence-corrected chi connectivity index (χ2v) is 7.90. The molecule has 3 aromatic rings. The molecule has 0 aliphatic carbocycles. The van der Waals surface area contributed by atoms with E-state index in [1.54, 1.807) is 13.2 Å². The lowest BCUT2D eigenvalue weighted by molar-refractivity contribution is 0.146. The Hall–Kier alpha value is -2.87. The molecular weight excluding hydrogens is 434 g/mol. The van der Waals surface area contributed by atoms with E-state index >= 15 is 0 Å². The number of hydrogen-bond acceptors (Lipinski definition) is 5. The Morgan fingerprint density at radius 3 is 2.68 bits per heavy atom. The Balaban J connectivity index is 1.47. The van der Waals surface area contributed by atoms with Crippen LogP contribution in [0.25, 0.3) is 0 Å². The molecule has 0 saturated heterocycles. The molecule has 1 aliphatic heterocycles. The normalized spacial score (nSPS) is 13.8. The van der Waals surface area contributed by atoms with Crippen LogP contribution in [0.3, 0.4) is 0 Å². The smallest absolute Gasteiger partial charge is 0.206 e. The Bertz CT molecular complexity index is 1080. The largest absolute Gasteiger partial charge is 0.491 e. The molecule has 8 heteroatoms. The van der Waals surface area contributed by atoms with Crippen molar-refractivity contribution in [3.63, 3.8) is 0 Å². The van der Waals surface area contributed by atoms with Crippen LogP contribution in [-0.2, 0) is 11.3 Å². The van der Waals surface area contributed by atoms with Gasteiger partial charge in [-0.2, -0.15) is 0 Å². The fourth-order valence-corrected chi connectivity index (χ4v) is 3.81. The molecule has 31 heavy (non-hydrogen) atoms. The van der Waals surface area contributed by atoms with E-state index < -0.39 is 0 Å². The van der Waals surface area contributed by atoms with Gasteiger partial charge in [0.25, 0.3) is 0 Å². The molecule has 0 atom stereocenters. The molecule has 0 saturated carbocycles. The topological polar surface area (TPSA) is 64.1 Å². The lowest BCUT2D eigenvalue weighted by Crippen LogP contribution is -2.29. The number of nitrogens with one attached hydrogen (secondary N) is 2. The third kappa shape index (κ3) is 5.64. The summed E-state index contributed by atoms with van der Waals surface area (Å²) in [6, 6.07) is 21.1. The first kappa shape index (κ1) is 21.4. The van der Waals surface area contributed by atoms with Gasteiger partial charge in [0.1, 0.15) is 18.1 Å². The maximum absolute atomic E-state index is 6.25. The summed E-state index contributed by atoms with van der Waals surface area (Å²) in [6.45, 7) is 1.56. The van der Waals surface area contributed by atoms with Crippen molar-refractivity contribution >= 4 is 35.2 Å². The van der Waals surface area contributed by atoms with Crippen LogP contribution >= 0.6 is 23.5 Å². The second kappa shape index (κ2) is 10.4. The molecule has 3 aromatic carbocycles. The van der Waals surface area contributed by atoms with Gasteiger partial charge in [-0.1, -0.05) is 41.9 Å². The monoisotopic (exact) mass is 455 g/mol. The summed E-state index contributed by atoms with van der Waals surface area (Å²) < 4.78 is 20.0. The van der Waals surface area contributed by atoms with E-state index in [0.29, 0.717) is 42.2 Å². The van der Waals surface area contributed by atoms with Gasteiger partial charge in [0.15, 0.2) is 5.75 Å². The zero-order valence-corrected chi connectivity index (χ0v) is 18.5. The number of para-hydroxylation sites is 2. The number of guanidine groups is 1. The summed E-state index contributed by atoms with van der Waals surface area (Å²) in [4.78, 5) is 5.68. The highest BCUT2D eigenvalue weighted by molar-refractivity contribution is 7.98. The maximum atomic E-state index is 6.25. The molecule has 4 rings (SSSR count). The van der Waals surface area contributed by atoms with Gasteiger partial charge in [0.05, 0.1) is 28.8 Å². The van der Waals surface area contributed by atoms with Gasteiger partial charge in [0.2, 0.25) is 5.96 Å². The van der Waals surface area contributed by atoms with Crippen molar-refractivity contribution < 1.29 is 14.2 Å². The van der Waals surface area contributed by atoms with Crippen molar-refractivity contribution in [2.45, 2.75) is 11.4 Å². The van der Waals surface area contributed by atoms with Crippen molar-refractivity contribution in [1.29, 1.82) is 0 Å². The van der Waals surface area contributed by atoms with Crippen molar-refractivity contribution in [3.8, 4) is 17.2 Å². The van der Waals surface area contributed by atoms with Gasteiger partial charge in [-0.05, 0) is 53.9 Å². The third-order valence-electron chi connectivity index (χ3n) is 4.42. The number of benzene rings is 3. The summed E-state index contributed by atoms with van der Waals surface area (Å²) in [6.07, 6.45) is 0. The van der Waals surface area contributed by atoms with Crippen LogP contribution in [0.5, 0.6) is 17.2 Å². The highest BCUT2D eigenvalue weighted by Gasteiger charge is 2.19. The minimum atomic E-state index is 0.500. The van der Waals surface area contributed by atoms with Crippen LogP contribution in [0.4, 0.5) is 5.69 Å². The summed E-state index contributed by atoms with van der Waals surface area (Å²) in [5.74, 6) is 2.74. The van der Waals surface area contributed by atoms with Gasteiger partial charge >= 0.3 is 0 Å². The van der Waals surface area contributed by atoms with Crippen LogP contribution in [0, 0.1) is 0 Å². The fourth-order valence-electron chi connectivity index (χ4n) is 2.92. The third-order valence-corrected chi connectivity index (χ3v) is 5.59. The molecule has 0 aromatic heterocycles. The molecule has 160 valence electrons. The molecule has 0 fully saturated rings. The number of ether oxygens (including phenoxy) is 3. The molecule has 6 nitrogen and oxygen atoms in total. The number of aliphatic imine (C=N–C) groups is 1. The van der Waals surface area contributed by atoms with Crippen molar-refractivity contribution in [2.24, 2.45) is 4.99 Å². The van der Waals surface area contributed by atoms with E-state index in [-0.39, 0.29) is 0 Å². The molecule has 0 bridgehead atoms. The van der Waals surface area contributed by atoms with Crippen LogP contribution < -0.4 is 19.5 Å². The van der Waals surface area contributed by atoms with Gasteiger partial charge in [-0.25, -0.2) is 4.99 Å². The lowest BCUT2D eigenvalue weighted by Gasteiger charge is -2.23. The predicted molar refractivity (Wildman–Crippen MR) is 126 cm³/mol. The number of hydrogen-bond donors (Lipinski definition) is 2. The first-order chi connectivity index (χ1) is 15.2. The van der Waals surface area contributed by atoms with Crippen LogP contribution in [0.15, 0.2) is 76.6 Å². The Kier molecular flexibility index (Phi) is 7.19. The molecule has 0 spiro atoms. The highest BCUT2D eigenvalue weighted by Crippen LogP contribution is 2.40. The van der Waals surface area contributed by atoms with Crippen molar-refractivity contribution in [1.82, 2.24) is 4.72 Å². The van der Waals surface area contributed by atoms with Crippen LogP contribution in [0.2, 0.25) is 5.02 Å². The first-order valence-electron chi connectivity index (χ1n) is 9.73. The number of rotatable bonds is 8. The zero-order valence-electron chi connectivity index (χ0n) is 16.9. The van der Waals surface area contributed by atoms with E-state index in [2.05, 4.69) is 15.0 Å². The number of nitrogens with zero attached hydrogens (tertiary/aromatic N) is 1. The molecule has 1 aliphatic rings. The lowest BCUT2D eigenvalue weighted by atomic mass is 10.2. The van der Waals surface area contributed by atoms with Gasteiger partial charge < -0.3 is 19.5 Å².